The van der Waals surface area contributed by atoms with E-state index in [1.54, 1.807) is 0 Å². The van der Waals surface area contributed by atoms with Gasteiger partial charge in [0, 0.05) is 25.4 Å². The molecule has 0 amide bonds. The fourth-order valence-electron chi connectivity index (χ4n) is 1.28. The topological polar surface area (TPSA) is 38.8 Å². The second-order valence-electron chi connectivity index (χ2n) is 3.15. The quantitative estimate of drug-likeness (QED) is 0.529. The van der Waals surface area contributed by atoms with Crippen LogP contribution in [0.3, 0.4) is 0 Å². The minimum atomic E-state index is -0.159. The first kappa shape index (κ1) is 11.8. The standard InChI is InChI=1S/C9H17NO3S/c11-9(1-8-14)13-7-4-10-2-5-12-6-3-10/h14H,1-8H2. The molecule has 0 N–H and O–H groups in total. The second kappa shape index (κ2) is 7.09. The first-order valence-electron chi connectivity index (χ1n) is 4.89. The predicted molar refractivity (Wildman–Crippen MR) is 56.7 cm³/mol. The monoisotopic (exact) mass is 219 g/mol. The average molecular weight is 219 g/mol. The van der Waals surface area contributed by atoms with E-state index in [0.717, 1.165) is 32.8 Å². The first-order chi connectivity index (χ1) is 6.83. The lowest BCUT2D eigenvalue weighted by Gasteiger charge is -2.26. The SMILES string of the molecule is O=C(CCS)OCCN1CCOCC1. The molecule has 1 aliphatic heterocycles. The molecule has 1 saturated heterocycles. The maximum atomic E-state index is 11.0. The summed E-state index contributed by atoms with van der Waals surface area (Å²) in [5.74, 6) is 0.393. The number of hydrogen-bond acceptors (Lipinski definition) is 5. The van der Waals surface area contributed by atoms with Gasteiger partial charge in [0.25, 0.3) is 0 Å². The van der Waals surface area contributed by atoms with Crippen LogP contribution in [0.4, 0.5) is 0 Å². The zero-order chi connectivity index (χ0) is 10.2. The number of carbonyl (C=O) groups is 1. The molecule has 0 saturated carbocycles. The smallest absolute Gasteiger partial charge is 0.306 e. The Bertz CT molecular complexity index is 171. The zero-order valence-electron chi connectivity index (χ0n) is 8.28. The van der Waals surface area contributed by atoms with E-state index in [2.05, 4.69) is 17.5 Å². The van der Waals surface area contributed by atoms with Crippen LogP contribution in [0, 0.1) is 0 Å². The van der Waals surface area contributed by atoms with E-state index in [0.29, 0.717) is 18.8 Å². The molecule has 1 heterocycles. The van der Waals surface area contributed by atoms with Gasteiger partial charge in [-0.25, -0.2) is 0 Å². The fourth-order valence-corrected chi connectivity index (χ4v) is 1.46. The first-order valence-corrected chi connectivity index (χ1v) is 5.53. The van der Waals surface area contributed by atoms with Crippen molar-refractivity contribution in [2.75, 3.05) is 45.2 Å². The molecule has 0 atom stereocenters. The minimum absolute atomic E-state index is 0.159. The summed E-state index contributed by atoms with van der Waals surface area (Å²) >= 11 is 3.96. The molecule has 14 heavy (non-hydrogen) atoms. The molecule has 0 spiro atoms. The summed E-state index contributed by atoms with van der Waals surface area (Å²) < 4.78 is 10.2. The molecule has 4 nitrogen and oxygen atoms in total. The molecular weight excluding hydrogens is 202 g/mol. The Hall–Kier alpha value is -0.260. The molecule has 82 valence electrons. The molecule has 0 aromatic carbocycles. The van der Waals surface area contributed by atoms with Crippen molar-refractivity contribution >= 4 is 18.6 Å². The summed E-state index contributed by atoms with van der Waals surface area (Å²) in [5.41, 5.74) is 0. The van der Waals surface area contributed by atoms with Crippen molar-refractivity contribution in [3.63, 3.8) is 0 Å². The van der Waals surface area contributed by atoms with Crippen LogP contribution in [0.25, 0.3) is 0 Å². The molecule has 0 radical (unpaired) electrons. The largest absolute Gasteiger partial charge is 0.464 e. The van der Waals surface area contributed by atoms with Crippen molar-refractivity contribution in [3.8, 4) is 0 Å². The molecule has 0 unspecified atom stereocenters. The van der Waals surface area contributed by atoms with Gasteiger partial charge in [0.2, 0.25) is 0 Å². The number of hydrogen-bond donors (Lipinski definition) is 1. The van der Waals surface area contributed by atoms with Crippen LogP contribution >= 0.6 is 12.6 Å². The van der Waals surface area contributed by atoms with Crippen molar-refractivity contribution in [2.24, 2.45) is 0 Å². The van der Waals surface area contributed by atoms with Crippen molar-refractivity contribution in [1.29, 1.82) is 0 Å². The number of morpholine rings is 1. The van der Waals surface area contributed by atoms with Gasteiger partial charge in [-0.05, 0) is 0 Å². The Morgan fingerprint density at radius 1 is 1.43 bits per heavy atom. The Morgan fingerprint density at radius 3 is 2.79 bits per heavy atom. The lowest BCUT2D eigenvalue weighted by molar-refractivity contribution is -0.143. The lowest BCUT2D eigenvalue weighted by Crippen LogP contribution is -2.38. The molecule has 1 rings (SSSR count). The van der Waals surface area contributed by atoms with Gasteiger partial charge in [-0.2, -0.15) is 12.6 Å². The number of thiol groups is 1. The van der Waals surface area contributed by atoms with Gasteiger partial charge >= 0.3 is 5.97 Å². The normalized spacial score (nSPS) is 18.1. The maximum Gasteiger partial charge on any atom is 0.306 e. The summed E-state index contributed by atoms with van der Waals surface area (Å²) in [7, 11) is 0. The van der Waals surface area contributed by atoms with Crippen LogP contribution in [0.5, 0.6) is 0 Å². The van der Waals surface area contributed by atoms with Crippen molar-refractivity contribution < 1.29 is 14.3 Å². The van der Waals surface area contributed by atoms with Gasteiger partial charge in [-0.1, -0.05) is 0 Å². The molecular formula is C9H17NO3S. The van der Waals surface area contributed by atoms with E-state index in [1.165, 1.54) is 0 Å². The summed E-state index contributed by atoms with van der Waals surface area (Å²) in [6.45, 7) is 4.72. The van der Waals surface area contributed by atoms with Crippen LogP contribution in [0.15, 0.2) is 0 Å². The van der Waals surface area contributed by atoms with E-state index in [9.17, 15) is 4.79 Å². The highest BCUT2D eigenvalue weighted by Crippen LogP contribution is 1.96. The number of esters is 1. The summed E-state index contributed by atoms with van der Waals surface area (Å²) in [4.78, 5) is 13.2. The van der Waals surface area contributed by atoms with Crippen LogP contribution in [0.1, 0.15) is 6.42 Å². The lowest BCUT2D eigenvalue weighted by atomic mass is 10.4. The molecule has 0 bridgehead atoms. The summed E-state index contributed by atoms with van der Waals surface area (Å²) in [5, 5.41) is 0. The van der Waals surface area contributed by atoms with E-state index in [1.807, 2.05) is 0 Å². The molecule has 0 aromatic heterocycles. The molecule has 1 fully saturated rings. The van der Waals surface area contributed by atoms with Gasteiger partial charge in [0.1, 0.15) is 6.61 Å². The Balaban J connectivity index is 1.99. The second-order valence-corrected chi connectivity index (χ2v) is 3.60. The highest BCUT2D eigenvalue weighted by molar-refractivity contribution is 7.80. The van der Waals surface area contributed by atoms with Gasteiger partial charge < -0.3 is 9.47 Å². The predicted octanol–water partition coefficient (Wildman–Crippen LogP) is 0.182. The average Bonchev–Trinajstić information content (AvgIpc) is 2.20. The highest BCUT2D eigenvalue weighted by atomic mass is 32.1. The molecule has 0 aromatic rings. The van der Waals surface area contributed by atoms with E-state index >= 15 is 0 Å². The van der Waals surface area contributed by atoms with Gasteiger partial charge in [-0.15, -0.1) is 0 Å². The van der Waals surface area contributed by atoms with E-state index < -0.39 is 0 Å². The van der Waals surface area contributed by atoms with Crippen molar-refractivity contribution in [3.05, 3.63) is 0 Å². The molecule has 0 aliphatic carbocycles. The zero-order valence-corrected chi connectivity index (χ0v) is 9.17. The summed E-state index contributed by atoms with van der Waals surface area (Å²) in [6, 6.07) is 0. The third kappa shape index (κ3) is 4.83. The van der Waals surface area contributed by atoms with Crippen LogP contribution in [0.2, 0.25) is 0 Å². The van der Waals surface area contributed by atoms with E-state index in [-0.39, 0.29) is 5.97 Å². The number of ether oxygens (including phenoxy) is 2. The van der Waals surface area contributed by atoms with Gasteiger partial charge in [0.05, 0.1) is 19.6 Å². The van der Waals surface area contributed by atoms with Crippen molar-refractivity contribution in [2.45, 2.75) is 6.42 Å². The van der Waals surface area contributed by atoms with Crippen LogP contribution in [-0.4, -0.2) is 56.1 Å². The van der Waals surface area contributed by atoms with Crippen LogP contribution in [-0.2, 0) is 14.3 Å². The third-order valence-corrected chi connectivity index (χ3v) is 2.31. The highest BCUT2D eigenvalue weighted by Gasteiger charge is 2.10. The number of rotatable bonds is 5. The molecule has 5 heteroatoms. The van der Waals surface area contributed by atoms with Gasteiger partial charge in [-0.3, -0.25) is 9.69 Å². The minimum Gasteiger partial charge on any atom is -0.464 e. The van der Waals surface area contributed by atoms with E-state index in [4.69, 9.17) is 9.47 Å². The van der Waals surface area contributed by atoms with Crippen LogP contribution < -0.4 is 0 Å². The number of carbonyl (C=O) groups excluding carboxylic acids is 1. The fraction of sp³-hybridized carbons (Fsp3) is 0.889. The molecule has 1 aliphatic rings. The Labute approximate surface area is 90.0 Å². The summed E-state index contributed by atoms with van der Waals surface area (Å²) in [6.07, 6.45) is 0.395. The van der Waals surface area contributed by atoms with Crippen molar-refractivity contribution in [1.82, 2.24) is 4.90 Å². The van der Waals surface area contributed by atoms with Gasteiger partial charge in [0.15, 0.2) is 0 Å². The Morgan fingerprint density at radius 2 is 2.14 bits per heavy atom. The number of nitrogens with zero attached hydrogens (tertiary/aromatic N) is 1. The third-order valence-electron chi connectivity index (χ3n) is 2.09. The Kier molecular flexibility index (Phi) is 5.98. The maximum absolute atomic E-state index is 11.0.